The summed E-state index contributed by atoms with van der Waals surface area (Å²) in [6.45, 7) is 4.75. The number of nitrogens with zero attached hydrogens (tertiary/aromatic N) is 2. The van der Waals surface area contributed by atoms with Gasteiger partial charge >= 0.3 is 5.97 Å². The molecule has 1 aromatic heterocycles. The molecule has 7 nitrogen and oxygen atoms in total. The van der Waals surface area contributed by atoms with E-state index in [2.05, 4.69) is 9.72 Å². The third-order valence-electron chi connectivity index (χ3n) is 8.44. The molecule has 7 heteroatoms. The van der Waals surface area contributed by atoms with E-state index >= 15 is 0 Å². The molecule has 1 fully saturated rings. The SMILES string of the molecule is CCCCC(=NOC(=O)c1ccccc1)C(=O)c1ccc2c(c1)c1cc(C(=O)C(=O)CC3CCCCC3)ccc1n2CC. The van der Waals surface area contributed by atoms with Crippen molar-refractivity contribution in [3.63, 3.8) is 0 Å². The second-order valence-electron chi connectivity index (χ2n) is 11.4. The zero-order chi connectivity index (χ0) is 30.3. The van der Waals surface area contributed by atoms with Gasteiger partial charge in [-0.2, -0.15) is 0 Å². The Morgan fingerprint density at radius 1 is 0.791 bits per heavy atom. The van der Waals surface area contributed by atoms with Crippen molar-refractivity contribution in [1.29, 1.82) is 0 Å². The summed E-state index contributed by atoms with van der Waals surface area (Å²) >= 11 is 0. The summed E-state index contributed by atoms with van der Waals surface area (Å²) in [7, 11) is 0. The van der Waals surface area contributed by atoms with E-state index in [4.69, 9.17) is 4.84 Å². The van der Waals surface area contributed by atoms with Gasteiger partial charge in [-0.05, 0) is 74.2 Å². The van der Waals surface area contributed by atoms with Crippen LogP contribution in [0.4, 0.5) is 0 Å². The molecule has 43 heavy (non-hydrogen) atoms. The van der Waals surface area contributed by atoms with Gasteiger partial charge in [0.1, 0.15) is 5.71 Å². The Hall–Kier alpha value is -4.39. The number of hydrogen-bond acceptors (Lipinski definition) is 6. The average Bonchev–Trinajstić information content (AvgIpc) is 3.37. The van der Waals surface area contributed by atoms with Crippen molar-refractivity contribution in [3.05, 3.63) is 83.4 Å². The van der Waals surface area contributed by atoms with E-state index in [0.29, 0.717) is 48.4 Å². The van der Waals surface area contributed by atoms with Gasteiger partial charge in [-0.25, -0.2) is 4.79 Å². The van der Waals surface area contributed by atoms with Gasteiger partial charge in [-0.3, -0.25) is 14.4 Å². The Bertz CT molecular complexity index is 1690. The van der Waals surface area contributed by atoms with Crippen LogP contribution in [0, 0.1) is 5.92 Å². The van der Waals surface area contributed by atoms with Crippen molar-refractivity contribution in [3.8, 4) is 0 Å². The second-order valence-corrected chi connectivity index (χ2v) is 11.4. The Kier molecular flexibility index (Phi) is 9.60. The Morgan fingerprint density at radius 2 is 1.42 bits per heavy atom. The number of benzene rings is 3. The van der Waals surface area contributed by atoms with Crippen LogP contribution in [0.2, 0.25) is 0 Å². The molecule has 0 unspecified atom stereocenters. The van der Waals surface area contributed by atoms with E-state index in [9.17, 15) is 19.2 Å². The van der Waals surface area contributed by atoms with Crippen molar-refractivity contribution in [2.45, 2.75) is 78.2 Å². The predicted molar refractivity (Wildman–Crippen MR) is 169 cm³/mol. The molecule has 0 bridgehead atoms. The highest BCUT2D eigenvalue weighted by atomic mass is 16.7. The third-order valence-corrected chi connectivity index (χ3v) is 8.44. The van der Waals surface area contributed by atoms with E-state index in [-0.39, 0.29) is 17.3 Å². The molecule has 5 rings (SSSR count). The number of fused-ring (bicyclic) bond motifs is 3. The molecule has 1 aliphatic carbocycles. The number of Topliss-reactive ketones (excluding diaryl/α,β-unsaturated/α-hetero) is 3. The first kappa shape index (κ1) is 30.1. The van der Waals surface area contributed by atoms with Crippen LogP contribution >= 0.6 is 0 Å². The maximum atomic E-state index is 13.7. The molecule has 0 saturated heterocycles. The highest BCUT2D eigenvalue weighted by molar-refractivity contribution is 6.46. The number of carbonyl (C=O) groups excluding carboxylic acids is 4. The summed E-state index contributed by atoms with van der Waals surface area (Å²) in [6.07, 6.45) is 7.69. The number of oxime groups is 1. The van der Waals surface area contributed by atoms with Crippen LogP contribution in [-0.4, -0.2) is 33.6 Å². The van der Waals surface area contributed by atoms with Gasteiger partial charge in [-0.1, -0.05) is 68.8 Å². The zero-order valence-electron chi connectivity index (χ0n) is 24.9. The van der Waals surface area contributed by atoms with Crippen LogP contribution in [0.5, 0.6) is 0 Å². The summed E-state index contributed by atoms with van der Waals surface area (Å²) < 4.78 is 2.13. The number of hydrogen-bond donors (Lipinski definition) is 0. The minimum Gasteiger partial charge on any atom is -0.341 e. The van der Waals surface area contributed by atoms with Gasteiger partial charge < -0.3 is 9.40 Å². The minimum absolute atomic E-state index is 0.175. The fraction of sp³-hybridized carbons (Fsp3) is 0.361. The van der Waals surface area contributed by atoms with Gasteiger partial charge in [0.25, 0.3) is 0 Å². The third kappa shape index (κ3) is 6.66. The molecular weight excluding hydrogens is 540 g/mol. The van der Waals surface area contributed by atoms with Gasteiger partial charge in [-0.15, -0.1) is 0 Å². The number of rotatable bonds is 12. The molecule has 222 valence electrons. The minimum atomic E-state index is -0.626. The van der Waals surface area contributed by atoms with Crippen molar-refractivity contribution in [2.75, 3.05) is 0 Å². The lowest BCUT2D eigenvalue weighted by molar-refractivity contribution is -0.116. The van der Waals surface area contributed by atoms with Crippen LogP contribution in [-0.2, 0) is 16.2 Å². The van der Waals surface area contributed by atoms with Gasteiger partial charge in [0.05, 0.1) is 5.56 Å². The van der Waals surface area contributed by atoms with Gasteiger partial charge in [0.2, 0.25) is 17.3 Å². The first-order chi connectivity index (χ1) is 20.9. The molecule has 0 radical (unpaired) electrons. The van der Waals surface area contributed by atoms with Crippen molar-refractivity contribution in [1.82, 2.24) is 4.57 Å². The molecular formula is C36H38N2O5. The maximum Gasteiger partial charge on any atom is 0.365 e. The van der Waals surface area contributed by atoms with E-state index in [1.54, 1.807) is 48.5 Å². The monoisotopic (exact) mass is 578 g/mol. The van der Waals surface area contributed by atoms with Gasteiger partial charge in [0, 0.05) is 45.9 Å². The molecule has 3 aromatic carbocycles. The van der Waals surface area contributed by atoms with Crippen LogP contribution in [0.25, 0.3) is 21.8 Å². The number of aromatic nitrogens is 1. The molecule has 0 atom stereocenters. The fourth-order valence-corrected chi connectivity index (χ4v) is 6.07. The van der Waals surface area contributed by atoms with Crippen LogP contribution in [0.3, 0.4) is 0 Å². The lowest BCUT2D eigenvalue weighted by Crippen LogP contribution is -2.19. The molecule has 4 aromatic rings. The maximum absolute atomic E-state index is 13.7. The topological polar surface area (TPSA) is 94.8 Å². The largest absolute Gasteiger partial charge is 0.365 e. The highest BCUT2D eigenvalue weighted by Crippen LogP contribution is 2.32. The molecule has 0 N–H and O–H groups in total. The summed E-state index contributed by atoms with van der Waals surface area (Å²) in [6, 6.07) is 19.4. The zero-order valence-corrected chi connectivity index (χ0v) is 24.9. The number of aryl methyl sites for hydroxylation is 1. The van der Waals surface area contributed by atoms with E-state index < -0.39 is 11.8 Å². The van der Waals surface area contributed by atoms with E-state index in [1.807, 2.05) is 32.0 Å². The first-order valence-electron chi connectivity index (χ1n) is 15.4. The van der Waals surface area contributed by atoms with Crippen molar-refractivity contribution >= 4 is 50.8 Å². The Labute approximate surface area is 251 Å². The number of ketones is 3. The van der Waals surface area contributed by atoms with Crippen molar-refractivity contribution in [2.24, 2.45) is 11.1 Å². The van der Waals surface area contributed by atoms with Crippen LogP contribution in [0.15, 0.2) is 71.9 Å². The van der Waals surface area contributed by atoms with Crippen molar-refractivity contribution < 1.29 is 24.0 Å². The molecule has 0 spiro atoms. The second kappa shape index (κ2) is 13.7. The first-order valence-corrected chi connectivity index (χ1v) is 15.4. The Morgan fingerprint density at radius 3 is 2.02 bits per heavy atom. The molecule has 1 saturated carbocycles. The number of unbranched alkanes of at least 4 members (excludes halogenated alkanes) is 1. The highest BCUT2D eigenvalue weighted by Gasteiger charge is 2.24. The summed E-state index contributed by atoms with van der Waals surface area (Å²) in [5, 5.41) is 5.64. The standard InChI is InChI=1S/C36H38N2O5/c1-3-5-16-30(37-43-36(42)25-14-10-7-11-15-25)34(40)26-17-19-31-28(22-26)29-23-27(18-20-32(29)38(31)4-2)35(41)33(39)21-24-12-8-6-9-13-24/h7,10-11,14-15,17-20,22-24H,3-6,8-9,12-13,16,21H2,1-2H3. The summed E-state index contributed by atoms with van der Waals surface area (Å²) in [4.78, 5) is 57.5. The van der Waals surface area contributed by atoms with Crippen LogP contribution < -0.4 is 0 Å². The molecule has 0 amide bonds. The predicted octanol–water partition coefficient (Wildman–Crippen LogP) is 8.12. The molecule has 1 heterocycles. The quantitative estimate of drug-likeness (QED) is 0.0556. The summed E-state index contributed by atoms with van der Waals surface area (Å²) in [5.74, 6) is -1.43. The normalized spacial score (nSPS) is 14.2. The molecule has 1 aliphatic rings. The smallest absolute Gasteiger partial charge is 0.341 e. The van der Waals surface area contributed by atoms with E-state index in [1.165, 1.54) is 6.42 Å². The van der Waals surface area contributed by atoms with Crippen LogP contribution in [0.1, 0.15) is 103 Å². The van der Waals surface area contributed by atoms with E-state index in [0.717, 1.165) is 53.9 Å². The molecule has 0 aliphatic heterocycles. The average molecular weight is 579 g/mol. The summed E-state index contributed by atoms with van der Waals surface area (Å²) in [5.41, 5.74) is 3.17. The lowest BCUT2D eigenvalue weighted by Gasteiger charge is -2.20. The Balaban J connectivity index is 1.46. The fourth-order valence-electron chi connectivity index (χ4n) is 6.07. The van der Waals surface area contributed by atoms with Gasteiger partial charge in [0.15, 0.2) is 0 Å². The number of carbonyl (C=O) groups is 4. The lowest BCUT2D eigenvalue weighted by atomic mass is 9.84.